The van der Waals surface area contributed by atoms with Crippen molar-refractivity contribution in [3.63, 3.8) is 0 Å². The highest BCUT2D eigenvalue weighted by molar-refractivity contribution is 6.32. The molecule has 2 heterocycles. The maximum absolute atomic E-state index is 12.6. The lowest BCUT2D eigenvalue weighted by molar-refractivity contribution is -0.125. The van der Waals surface area contributed by atoms with Gasteiger partial charge < -0.3 is 9.15 Å². The molecule has 1 aromatic heterocycles. The zero-order valence-electron chi connectivity index (χ0n) is 15.8. The number of amides is 2. The van der Waals surface area contributed by atoms with E-state index in [0.29, 0.717) is 27.4 Å². The SMILES string of the molecule is Cc1cc2occ(/C=N/NC(=O)CN3C(=O)COc4ccccc43)c(=O)c2cc1Cl. The summed E-state index contributed by atoms with van der Waals surface area (Å²) in [5.41, 5.74) is 3.85. The predicted molar refractivity (Wildman–Crippen MR) is 112 cm³/mol. The van der Waals surface area contributed by atoms with E-state index in [0.717, 1.165) is 5.56 Å². The lowest BCUT2D eigenvalue weighted by atomic mass is 10.1. The van der Waals surface area contributed by atoms with Gasteiger partial charge in [0.15, 0.2) is 6.61 Å². The summed E-state index contributed by atoms with van der Waals surface area (Å²) in [5, 5.41) is 4.58. The minimum absolute atomic E-state index is 0.145. The molecule has 0 aliphatic carbocycles. The molecule has 0 spiro atoms. The van der Waals surface area contributed by atoms with E-state index in [9.17, 15) is 14.4 Å². The van der Waals surface area contributed by atoms with Crippen LogP contribution in [0.5, 0.6) is 5.75 Å². The molecule has 0 unspecified atom stereocenters. The highest BCUT2D eigenvalue weighted by Crippen LogP contribution is 2.31. The summed E-state index contributed by atoms with van der Waals surface area (Å²) >= 11 is 6.09. The number of nitrogens with one attached hydrogen (secondary N) is 1. The van der Waals surface area contributed by atoms with Gasteiger partial charge in [0.05, 0.1) is 22.9 Å². The Morgan fingerprint density at radius 1 is 1.30 bits per heavy atom. The molecule has 2 amide bonds. The van der Waals surface area contributed by atoms with Crippen molar-refractivity contribution in [3.05, 3.63) is 69.0 Å². The average molecular weight is 426 g/mol. The van der Waals surface area contributed by atoms with Crippen LogP contribution >= 0.6 is 11.6 Å². The number of carbonyl (C=O) groups excluding carboxylic acids is 2. The van der Waals surface area contributed by atoms with E-state index in [4.69, 9.17) is 20.8 Å². The van der Waals surface area contributed by atoms with E-state index >= 15 is 0 Å². The number of hydrogen-bond donors (Lipinski definition) is 1. The number of hydrazone groups is 1. The van der Waals surface area contributed by atoms with Crippen LogP contribution in [0.15, 0.2) is 57.0 Å². The molecular weight excluding hydrogens is 410 g/mol. The maximum Gasteiger partial charge on any atom is 0.265 e. The van der Waals surface area contributed by atoms with Crippen LogP contribution in [-0.4, -0.2) is 31.2 Å². The van der Waals surface area contributed by atoms with Gasteiger partial charge in [0.1, 0.15) is 24.1 Å². The van der Waals surface area contributed by atoms with Gasteiger partial charge in [-0.1, -0.05) is 23.7 Å². The molecule has 9 heteroatoms. The third-order valence-electron chi connectivity index (χ3n) is 4.58. The van der Waals surface area contributed by atoms with Gasteiger partial charge in [0.2, 0.25) is 5.43 Å². The van der Waals surface area contributed by atoms with E-state index in [1.54, 1.807) is 30.3 Å². The largest absolute Gasteiger partial charge is 0.482 e. The van der Waals surface area contributed by atoms with Crippen LogP contribution in [0.4, 0.5) is 5.69 Å². The first kappa shape index (κ1) is 19.7. The molecule has 3 aromatic rings. The van der Waals surface area contributed by atoms with Crippen molar-refractivity contribution in [2.24, 2.45) is 5.10 Å². The summed E-state index contributed by atoms with van der Waals surface area (Å²) in [4.78, 5) is 38.3. The van der Waals surface area contributed by atoms with E-state index in [-0.39, 0.29) is 30.1 Å². The van der Waals surface area contributed by atoms with Gasteiger partial charge in [0, 0.05) is 5.02 Å². The Balaban J connectivity index is 1.48. The first-order chi connectivity index (χ1) is 14.4. The number of carbonyl (C=O) groups is 2. The first-order valence-corrected chi connectivity index (χ1v) is 9.37. The topological polar surface area (TPSA) is 101 Å². The molecule has 30 heavy (non-hydrogen) atoms. The second-order valence-electron chi connectivity index (χ2n) is 6.65. The molecule has 0 saturated heterocycles. The standard InChI is InChI=1S/C21H16ClN3O5/c1-12-6-18-14(7-15(12)22)21(28)13(10-29-18)8-23-24-19(26)9-25-16-4-2-3-5-17(16)30-11-20(25)27/h2-8,10H,9,11H2,1H3,(H,24,26)/b23-8+. The highest BCUT2D eigenvalue weighted by Gasteiger charge is 2.26. The van der Waals surface area contributed by atoms with E-state index in [2.05, 4.69) is 10.5 Å². The van der Waals surface area contributed by atoms with Crippen molar-refractivity contribution in [1.82, 2.24) is 5.43 Å². The lowest BCUT2D eigenvalue weighted by Crippen LogP contribution is -2.44. The summed E-state index contributed by atoms with van der Waals surface area (Å²) < 4.78 is 10.8. The Morgan fingerprint density at radius 2 is 2.10 bits per heavy atom. The zero-order chi connectivity index (χ0) is 21.3. The Kier molecular flexibility index (Phi) is 5.24. The quantitative estimate of drug-likeness (QED) is 0.511. The average Bonchev–Trinajstić information content (AvgIpc) is 2.73. The van der Waals surface area contributed by atoms with Gasteiger partial charge in [-0.05, 0) is 36.8 Å². The number of fused-ring (bicyclic) bond motifs is 2. The number of benzene rings is 2. The Bertz CT molecular complexity index is 1250. The van der Waals surface area contributed by atoms with Crippen LogP contribution in [0.25, 0.3) is 11.0 Å². The van der Waals surface area contributed by atoms with Gasteiger partial charge >= 0.3 is 0 Å². The number of rotatable bonds is 4. The second-order valence-corrected chi connectivity index (χ2v) is 7.05. The maximum atomic E-state index is 12.6. The minimum atomic E-state index is -0.528. The van der Waals surface area contributed by atoms with Crippen molar-refractivity contribution in [3.8, 4) is 5.75 Å². The molecule has 8 nitrogen and oxygen atoms in total. The molecular formula is C21H16ClN3O5. The minimum Gasteiger partial charge on any atom is -0.482 e. The third kappa shape index (κ3) is 3.77. The smallest absolute Gasteiger partial charge is 0.265 e. The number of ether oxygens (including phenoxy) is 1. The fraction of sp³-hybridized carbons (Fsp3) is 0.143. The summed E-state index contributed by atoms with van der Waals surface area (Å²) in [5.74, 6) is -0.341. The van der Waals surface area contributed by atoms with Gasteiger partial charge in [-0.25, -0.2) is 5.43 Å². The number of aryl methyl sites for hydroxylation is 1. The summed E-state index contributed by atoms with van der Waals surface area (Å²) in [7, 11) is 0. The normalized spacial score (nSPS) is 13.4. The van der Waals surface area contributed by atoms with Crippen LogP contribution in [-0.2, 0) is 9.59 Å². The molecule has 0 bridgehead atoms. The van der Waals surface area contributed by atoms with Crippen molar-refractivity contribution >= 4 is 46.3 Å². The number of hydrogen-bond acceptors (Lipinski definition) is 6. The molecule has 4 rings (SSSR count). The molecule has 152 valence electrons. The van der Waals surface area contributed by atoms with Crippen LogP contribution in [0.3, 0.4) is 0 Å². The Labute approximate surface area is 175 Å². The van der Waals surface area contributed by atoms with Crippen molar-refractivity contribution in [1.29, 1.82) is 0 Å². The molecule has 0 radical (unpaired) electrons. The van der Waals surface area contributed by atoms with Gasteiger partial charge in [-0.15, -0.1) is 0 Å². The van der Waals surface area contributed by atoms with E-state index in [1.807, 2.05) is 6.92 Å². The fourth-order valence-corrected chi connectivity index (χ4v) is 3.20. The van der Waals surface area contributed by atoms with Crippen LogP contribution in [0, 0.1) is 6.92 Å². The molecule has 1 N–H and O–H groups in total. The van der Waals surface area contributed by atoms with Gasteiger partial charge in [0.25, 0.3) is 11.8 Å². The van der Waals surface area contributed by atoms with Gasteiger partial charge in [-0.3, -0.25) is 19.3 Å². The summed E-state index contributed by atoms with van der Waals surface area (Å²) in [6.07, 6.45) is 2.45. The summed E-state index contributed by atoms with van der Waals surface area (Å²) in [6, 6.07) is 10.2. The molecule has 1 aliphatic rings. The Hall–Kier alpha value is -3.65. The predicted octanol–water partition coefficient (Wildman–Crippen LogP) is 2.63. The highest BCUT2D eigenvalue weighted by atomic mass is 35.5. The fourth-order valence-electron chi connectivity index (χ4n) is 3.04. The van der Waals surface area contributed by atoms with Crippen LogP contribution < -0.4 is 20.5 Å². The molecule has 0 atom stereocenters. The van der Waals surface area contributed by atoms with E-state index in [1.165, 1.54) is 23.4 Å². The van der Waals surface area contributed by atoms with Crippen LogP contribution in [0.1, 0.15) is 11.1 Å². The number of para-hydroxylation sites is 2. The lowest BCUT2D eigenvalue weighted by Gasteiger charge is -2.28. The van der Waals surface area contributed by atoms with Crippen molar-refractivity contribution in [2.75, 3.05) is 18.1 Å². The first-order valence-electron chi connectivity index (χ1n) is 9.00. The zero-order valence-corrected chi connectivity index (χ0v) is 16.6. The molecule has 1 aliphatic heterocycles. The van der Waals surface area contributed by atoms with Crippen molar-refractivity contribution in [2.45, 2.75) is 6.92 Å². The van der Waals surface area contributed by atoms with Crippen molar-refractivity contribution < 1.29 is 18.7 Å². The van der Waals surface area contributed by atoms with Gasteiger partial charge in [-0.2, -0.15) is 5.10 Å². The monoisotopic (exact) mass is 425 g/mol. The number of halogens is 1. The third-order valence-corrected chi connectivity index (χ3v) is 4.99. The van der Waals surface area contributed by atoms with E-state index < -0.39 is 5.91 Å². The number of nitrogens with zero attached hydrogens (tertiary/aromatic N) is 2. The number of anilines is 1. The van der Waals surface area contributed by atoms with Crippen LogP contribution in [0.2, 0.25) is 5.02 Å². The molecule has 0 saturated carbocycles. The second kappa shape index (κ2) is 8.00. The molecule has 2 aromatic carbocycles. The summed E-state index contributed by atoms with van der Waals surface area (Å²) in [6.45, 7) is 1.43. The molecule has 0 fully saturated rings. The Morgan fingerprint density at radius 3 is 2.93 bits per heavy atom.